The largest absolute Gasteiger partial charge is 0.370 e. The highest BCUT2D eigenvalue weighted by molar-refractivity contribution is 6.30. The Hall–Kier alpha value is -1.62. The molecule has 2 rings (SSSR count). The van der Waals surface area contributed by atoms with Gasteiger partial charge in [0, 0.05) is 24.3 Å². The van der Waals surface area contributed by atoms with Crippen molar-refractivity contribution in [3.05, 3.63) is 34.5 Å². The Kier molecular flexibility index (Phi) is 4.37. The number of anilines is 1. The number of hydrogen-bond acceptors (Lipinski definition) is 4. The summed E-state index contributed by atoms with van der Waals surface area (Å²) in [5.41, 5.74) is 3.14. The van der Waals surface area contributed by atoms with Gasteiger partial charge in [-0.3, -0.25) is 4.68 Å². The van der Waals surface area contributed by atoms with Gasteiger partial charge < -0.3 is 5.32 Å². The number of nitrogens with one attached hydrogen (secondary N) is 1. The van der Waals surface area contributed by atoms with Crippen LogP contribution in [0.2, 0.25) is 5.15 Å². The van der Waals surface area contributed by atoms with Gasteiger partial charge in [0.2, 0.25) is 0 Å². The van der Waals surface area contributed by atoms with Gasteiger partial charge in [0.05, 0.1) is 5.69 Å². The Bertz CT molecular complexity index is 564. The van der Waals surface area contributed by atoms with Crippen LogP contribution in [-0.2, 0) is 6.54 Å². The van der Waals surface area contributed by atoms with Crippen molar-refractivity contribution < 1.29 is 0 Å². The van der Waals surface area contributed by atoms with E-state index in [2.05, 4.69) is 33.4 Å². The summed E-state index contributed by atoms with van der Waals surface area (Å²) in [5, 5.41) is 8.20. The van der Waals surface area contributed by atoms with Crippen LogP contribution in [0.25, 0.3) is 0 Å². The molecule has 0 atom stereocenters. The number of hydrogen-bond donors (Lipinski definition) is 1. The van der Waals surface area contributed by atoms with E-state index >= 15 is 0 Å². The Labute approximate surface area is 118 Å². The summed E-state index contributed by atoms with van der Waals surface area (Å²) >= 11 is 5.94. The Morgan fingerprint density at radius 1 is 1.26 bits per heavy atom. The summed E-state index contributed by atoms with van der Waals surface area (Å²) in [6.45, 7) is 7.71. The Morgan fingerprint density at radius 2 is 2.05 bits per heavy atom. The average Bonchev–Trinajstić information content (AvgIpc) is 2.68. The Morgan fingerprint density at radius 3 is 2.74 bits per heavy atom. The van der Waals surface area contributed by atoms with Crippen LogP contribution in [0.3, 0.4) is 0 Å². The molecule has 0 aliphatic rings. The second-order valence-corrected chi connectivity index (χ2v) is 4.93. The molecule has 0 saturated carbocycles. The number of aromatic nitrogens is 4. The van der Waals surface area contributed by atoms with Gasteiger partial charge in [-0.15, -0.1) is 0 Å². The SMILES string of the molecule is Cc1cc(C)n(CCCNc2ncnc(Cl)c2C)n1. The summed E-state index contributed by atoms with van der Waals surface area (Å²) in [4.78, 5) is 8.11. The molecule has 0 radical (unpaired) electrons. The molecular weight excluding hydrogens is 262 g/mol. The molecule has 1 N–H and O–H groups in total. The van der Waals surface area contributed by atoms with Crippen molar-refractivity contribution >= 4 is 17.4 Å². The maximum Gasteiger partial charge on any atom is 0.137 e. The monoisotopic (exact) mass is 279 g/mol. The summed E-state index contributed by atoms with van der Waals surface area (Å²) in [7, 11) is 0. The van der Waals surface area contributed by atoms with E-state index in [4.69, 9.17) is 11.6 Å². The van der Waals surface area contributed by atoms with Crippen molar-refractivity contribution in [2.45, 2.75) is 33.7 Å². The van der Waals surface area contributed by atoms with Crippen molar-refractivity contribution in [2.24, 2.45) is 0 Å². The molecule has 2 aromatic rings. The highest BCUT2D eigenvalue weighted by Gasteiger charge is 2.04. The predicted octanol–water partition coefficient (Wildman–Crippen LogP) is 2.75. The van der Waals surface area contributed by atoms with Gasteiger partial charge in [-0.2, -0.15) is 5.10 Å². The Balaban J connectivity index is 1.84. The van der Waals surface area contributed by atoms with E-state index in [1.165, 1.54) is 12.0 Å². The van der Waals surface area contributed by atoms with Gasteiger partial charge >= 0.3 is 0 Å². The fourth-order valence-electron chi connectivity index (χ4n) is 1.94. The number of nitrogens with zero attached hydrogens (tertiary/aromatic N) is 4. The summed E-state index contributed by atoms with van der Waals surface area (Å²) < 4.78 is 2.02. The summed E-state index contributed by atoms with van der Waals surface area (Å²) in [6.07, 6.45) is 2.45. The smallest absolute Gasteiger partial charge is 0.137 e. The van der Waals surface area contributed by atoms with Gasteiger partial charge in [-0.25, -0.2) is 9.97 Å². The third-order valence-corrected chi connectivity index (χ3v) is 3.35. The van der Waals surface area contributed by atoms with Crippen molar-refractivity contribution in [2.75, 3.05) is 11.9 Å². The molecular formula is C13H18ClN5. The first-order valence-electron chi connectivity index (χ1n) is 6.30. The molecule has 0 aliphatic heterocycles. The van der Waals surface area contributed by atoms with E-state index in [9.17, 15) is 0 Å². The normalized spacial score (nSPS) is 10.7. The van der Waals surface area contributed by atoms with E-state index in [1.807, 2.05) is 18.5 Å². The summed E-state index contributed by atoms with van der Waals surface area (Å²) in [6, 6.07) is 2.09. The first kappa shape index (κ1) is 13.8. The highest BCUT2D eigenvalue weighted by Crippen LogP contribution is 2.17. The van der Waals surface area contributed by atoms with E-state index in [1.54, 1.807) is 0 Å². The first-order valence-corrected chi connectivity index (χ1v) is 6.67. The van der Waals surface area contributed by atoms with Crippen LogP contribution >= 0.6 is 11.6 Å². The lowest BCUT2D eigenvalue weighted by atomic mass is 10.3. The van der Waals surface area contributed by atoms with Gasteiger partial charge in [0.25, 0.3) is 0 Å². The molecule has 2 heterocycles. The average molecular weight is 280 g/mol. The van der Waals surface area contributed by atoms with Crippen molar-refractivity contribution in [1.82, 2.24) is 19.7 Å². The van der Waals surface area contributed by atoms with Crippen LogP contribution in [0.5, 0.6) is 0 Å². The van der Waals surface area contributed by atoms with Gasteiger partial charge in [-0.1, -0.05) is 11.6 Å². The molecule has 6 heteroatoms. The van der Waals surface area contributed by atoms with Crippen LogP contribution in [0, 0.1) is 20.8 Å². The second-order valence-electron chi connectivity index (χ2n) is 4.57. The quantitative estimate of drug-likeness (QED) is 0.675. The third kappa shape index (κ3) is 3.44. The number of halogens is 1. The third-order valence-electron chi connectivity index (χ3n) is 2.97. The zero-order valence-electron chi connectivity index (χ0n) is 11.4. The number of aryl methyl sites for hydroxylation is 3. The van der Waals surface area contributed by atoms with Crippen LogP contribution in [0.4, 0.5) is 5.82 Å². The molecule has 19 heavy (non-hydrogen) atoms. The molecule has 0 saturated heterocycles. The maximum absolute atomic E-state index is 5.94. The minimum Gasteiger partial charge on any atom is -0.370 e. The lowest BCUT2D eigenvalue weighted by molar-refractivity contribution is 0.573. The zero-order valence-corrected chi connectivity index (χ0v) is 12.2. The topological polar surface area (TPSA) is 55.6 Å². The second kappa shape index (κ2) is 6.02. The van der Waals surface area contributed by atoms with Crippen molar-refractivity contribution in [1.29, 1.82) is 0 Å². The minimum absolute atomic E-state index is 0.496. The van der Waals surface area contributed by atoms with E-state index in [0.717, 1.165) is 36.6 Å². The molecule has 0 spiro atoms. The van der Waals surface area contributed by atoms with E-state index in [-0.39, 0.29) is 0 Å². The predicted molar refractivity (Wildman–Crippen MR) is 76.6 cm³/mol. The van der Waals surface area contributed by atoms with Gasteiger partial charge in [0.15, 0.2) is 0 Å². The van der Waals surface area contributed by atoms with Crippen molar-refractivity contribution in [3.8, 4) is 0 Å². The highest BCUT2D eigenvalue weighted by atomic mass is 35.5. The van der Waals surface area contributed by atoms with Gasteiger partial charge in [-0.05, 0) is 33.3 Å². The van der Waals surface area contributed by atoms with E-state index < -0.39 is 0 Å². The molecule has 102 valence electrons. The lowest BCUT2D eigenvalue weighted by Crippen LogP contribution is -2.10. The van der Waals surface area contributed by atoms with Crippen molar-refractivity contribution in [3.63, 3.8) is 0 Å². The molecule has 0 bridgehead atoms. The van der Waals surface area contributed by atoms with E-state index in [0.29, 0.717) is 5.15 Å². The molecule has 0 fully saturated rings. The minimum atomic E-state index is 0.496. The lowest BCUT2D eigenvalue weighted by Gasteiger charge is -2.09. The van der Waals surface area contributed by atoms with Crippen LogP contribution in [-0.4, -0.2) is 26.3 Å². The molecule has 0 aliphatic carbocycles. The fourth-order valence-corrected chi connectivity index (χ4v) is 2.08. The molecule has 2 aromatic heterocycles. The molecule has 5 nitrogen and oxygen atoms in total. The zero-order chi connectivity index (χ0) is 13.8. The first-order chi connectivity index (χ1) is 9.08. The summed E-state index contributed by atoms with van der Waals surface area (Å²) in [5.74, 6) is 0.799. The molecule has 0 unspecified atom stereocenters. The molecule has 0 aromatic carbocycles. The van der Waals surface area contributed by atoms with Gasteiger partial charge in [0.1, 0.15) is 17.3 Å². The maximum atomic E-state index is 5.94. The van der Waals surface area contributed by atoms with Crippen LogP contribution in [0.15, 0.2) is 12.4 Å². The standard InChI is InChI=1S/C13H18ClN5/c1-9-7-10(2)19(18-9)6-4-5-15-13-11(3)12(14)16-8-17-13/h7-8H,4-6H2,1-3H3,(H,15,16,17). The molecule has 0 amide bonds. The van der Waals surface area contributed by atoms with Crippen LogP contribution < -0.4 is 5.32 Å². The fraction of sp³-hybridized carbons (Fsp3) is 0.462. The number of rotatable bonds is 5. The van der Waals surface area contributed by atoms with Crippen LogP contribution in [0.1, 0.15) is 23.4 Å².